The van der Waals surface area contributed by atoms with Gasteiger partial charge in [-0.05, 0) is 23.3 Å². The van der Waals surface area contributed by atoms with Crippen LogP contribution in [0.25, 0.3) is 0 Å². The summed E-state index contributed by atoms with van der Waals surface area (Å²) < 4.78 is 11.4. The van der Waals surface area contributed by atoms with Crippen LogP contribution in [0.3, 0.4) is 0 Å². The molecule has 0 saturated heterocycles. The van der Waals surface area contributed by atoms with Crippen LogP contribution < -0.4 is 14.8 Å². The van der Waals surface area contributed by atoms with Gasteiger partial charge >= 0.3 is 0 Å². The fourth-order valence-electron chi connectivity index (χ4n) is 2.88. The predicted molar refractivity (Wildman–Crippen MR) is 113 cm³/mol. The van der Waals surface area contributed by atoms with Gasteiger partial charge in [-0.25, -0.2) is 0 Å². The van der Waals surface area contributed by atoms with Crippen LogP contribution in [0.2, 0.25) is 0 Å². The molecule has 0 spiro atoms. The van der Waals surface area contributed by atoms with Crippen molar-refractivity contribution in [2.24, 2.45) is 5.92 Å². The first-order valence-corrected chi connectivity index (χ1v) is 9.77. The van der Waals surface area contributed by atoms with Gasteiger partial charge in [0.05, 0.1) is 7.11 Å². The minimum Gasteiger partial charge on any atom is -0.493 e. The van der Waals surface area contributed by atoms with Gasteiger partial charge in [0.2, 0.25) is 11.8 Å². The summed E-state index contributed by atoms with van der Waals surface area (Å²) in [7, 11) is 1.60. The van der Waals surface area contributed by atoms with E-state index in [0.717, 1.165) is 11.1 Å². The van der Waals surface area contributed by atoms with E-state index in [2.05, 4.69) is 5.32 Å². The molecule has 2 amide bonds. The fourth-order valence-corrected chi connectivity index (χ4v) is 2.88. The van der Waals surface area contributed by atoms with E-state index < -0.39 is 0 Å². The molecule has 0 unspecified atom stereocenters. The summed E-state index contributed by atoms with van der Waals surface area (Å²) in [4.78, 5) is 25.4. The second-order valence-electron chi connectivity index (χ2n) is 7.16. The fraction of sp³-hybridized carbons (Fsp3) is 0.391. The van der Waals surface area contributed by atoms with Crippen LogP contribution in [-0.4, -0.2) is 36.9 Å². The number of hydrogen-bond donors (Lipinski definition) is 1. The first-order valence-electron chi connectivity index (χ1n) is 9.77. The third kappa shape index (κ3) is 7.14. The SMILES string of the molecule is COc1cc(CN(CCNC(C)=O)C(=O)C(C)C)ccc1OCc1ccccc1. The molecular formula is C23H30N2O4. The van der Waals surface area contributed by atoms with Gasteiger partial charge in [-0.3, -0.25) is 9.59 Å². The van der Waals surface area contributed by atoms with E-state index in [9.17, 15) is 9.59 Å². The van der Waals surface area contributed by atoms with Gasteiger partial charge in [0, 0.05) is 32.5 Å². The van der Waals surface area contributed by atoms with Crippen LogP contribution in [0, 0.1) is 5.92 Å². The highest BCUT2D eigenvalue weighted by atomic mass is 16.5. The maximum absolute atomic E-state index is 12.6. The first kappa shape index (κ1) is 22.3. The molecule has 0 fully saturated rings. The zero-order chi connectivity index (χ0) is 21.2. The van der Waals surface area contributed by atoms with Crippen LogP contribution in [-0.2, 0) is 22.7 Å². The Balaban J connectivity index is 2.08. The number of nitrogens with one attached hydrogen (secondary N) is 1. The average molecular weight is 399 g/mol. The van der Waals surface area contributed by atoms with E-state index in [0.29, 0.717) is 37.7 Å². The number of methoxy groups -OCH3 is 1. The van der Waals surface area contributed by atoms with Gasteiger partial charge in [-0.15, -0.1) is 0 Å². The Morgan fingerprint density at radius 3 is 2.38 bits per heavy atom. The Hall–Kier alpha value is -3.02. The first-order chi connectivity index (χ1) is 13.9. The van der Waals surface area contributed by atoms with Gasteiger partial charge in [0.15, 0.2) is 11.5 Å². The Kier molecular flexibility index (Phi) is 8.52. The topological polar surface area (TPSA) is 67.9 Å². The monoisotopic (exact) mass is 398 g/mol. The zero-order valence-corrected chi connectivity index (χ0v) is 17.6. The van der Waals surface area contributed by atoms with Crippen molar-refractivity contribution < 1.29 is 19.1 Å². The van der Waals surface area contributed by atoms with Crippen molar-refractivity contribution in [3.05, 3.63) is 59.7 Å². The highest BCUT2D eigenvalue weighted by Crippen LogP contribution is 2.29. The zero-order valence-electron chi connectivity index (χ0n) is 17.6. The Labute approximate surface area is 172 Å². The largest absolute Gasteiger partial charge is 0.493 e. The van der Waals surface area contributed by atoms with Crippen LogP contribution >= 0.6 is 0 Å². The second-order valence-corrected chi connectivity index (χ2v) is 7.16. The van der Waals surface area contributed by atoms with Crippen LogP contribution in [0.1, 0.15) is 31.9 Å². The molecule has 0 atom stereocenters. The third-order valence-corrected chi connectivity index (χ3v) is 4.40. The number of nitrogens with zero attached hydrogens (tertiary/aromatic N) is 1. The minimum atomic E-state index is -0.122. The standard InChI is InChI=1S/C23H30N2O4/c1-17(2)23(27)25(13-12-24-18(3)26)15-20-10-11-21(22(14-20)28-4)29-16-19-8-6-5-7-9-19/h5-11,14,17H,12-13,15-16H2,1-4H3,(H,24,26). The lowest BCUT2D eigenvalue weighted by Crippen LogP contribution is -2.39. The molecule has 0 aliphatic rings. The smallest absolute Gasteiger partial charge is 0.225 e. The van der Waals surface area contributed by atoms with Crippen LogP contribution in [0.4, 0.5) is 0 Å². The van der Waals surface area contributed by atoms with Crippen molar-refractivity contribution in [1.29, 1.82) is 0 Å². The summed E-state index contributed by atoms with van der Waals surface area (Å²) in [5, 5.41) is 2.74. The molecule has 0 aromatic heterocycles. The molecular weight excluding hydrogens is 368 g/mol. The molecule has 6 heteroatoms. The Morgan fingerprint density at radius 2 is 1.76 bits per heavy atom. The number of carbonyl (C=O) groups is 2. The maximum Gasteiger partial charge on any atom is 0.225 e. The molecule has 2 rings (SSSR count). The molecule has 2 aromatic rings. The lowest BCUT2D eigenvalue weighted by atomic mass is 10.1. The highest BCUT2D eigenvalue weighted by Gasteiger charge is 2.18. The van der Waals surface area contributed by atoms with Crippen molar-refractivity contribution in [2.75, 3.05) is 20.2 Å². The lowest BCUT2D eigenvalue weighted by Gasteiger charge is -2.25. The highest BCUT2D eigenvalue weighted by molar-refractivity contribution is 5.78. The van der Waals surface area contributed by atoms with Crippen molar-refractivity contribution in [3.63, 3.8) is 0 Å². The van der Waals surface area contributed by atoms with E-state index in [4.69, 9.17) is 9.47 Å². The molecule has 6 nitrogen and oxygen atoms in total. The molecule has 29 heavy (non-hydrogen) atoms. The van der Waals surface area contributed by atoms with E-state index in [1.807, 2.05) is 62.4 Å². The van der Waals surface area contributed by atoms with E-state index in [1.54, 1.807) is 12.0 Å². The molecule has 0 bridgehead atoms. The molecule has 2 aromatic carbocycles. The molecule has 0 saturated carbocycles. The van der Waals surface area contributed by atoms with Gasteiger partial charge in [0.25, 0.3) is 0 Å². The maximum atomic E-state index is 12.6. The van der Waals surface area contributed by atoms with Crippen molar-refractivity contribution in [2.45, 2.75) is 33.9 Å². The Morgan fingerprint density at radius 1 is 1.03 bits per heavy atom. The lowest BCUT2D eigenvalue weighted by molar-refractivity contribution is -0.135. The third-order valence-electron chi connectivity index (χ3n) is 4.40. The number of amides is 2. The molecule has 0 aliphatic heterocycles. The van der Waals surface area contributed by atoms with Gasteiger partial charge < -0.3 is 19.7 Å². The summed E-state index contributed by atoms with van der Waals surface area (Å²) in [5.74, 6) is 1.09. The minimum absolute atomic E-state index is 0.0405. The molecule has 0 radical (unpaired) electrons. The van der Waals surface area contributed by atoms with Gasteiger partial charge in [0.1, 0.15) is 6.61 Å². The van der Waals surface area contributed by atoms with E-state index in [-0.39, 0.29) is 17.7 Å². The van der Waals surface area contributed by atoms with Crippen molar-refractivity contribution in [3.8, 4) is 11.5 Å². The number of rotatable bonds is 10. The van der Waals surface area contributed by atoms with E-state index in [1.165, 1.54) is 6.92 Å². The van der Waals surface area contributed by atoms with Crippen molar-refractivity contribution >= 4 is 11.8 Å². The second kappa shape index (κ2) is 11.1. The number of benzene rings is 2. The summed E-state index contributed by atoms with van der Waals surface area (Å²) in [6, 6.07) is 15.6. The quantitative estimate of drug-likeness (QED) is 0.666. The Bertz CT molecular complexity index is 806. The molecule has 0 heterocycles. The summed E-state index contributed by atoms with van der Waals surface area (Å²) >= 11 is 0. The average Bonchev–Trinajstić information content (AvgIpc) is 2.71. The van der Waals surface area contributed by atoms with E-state index >= 15 is 0 Å². The molecule has 156 valence electrons. The number of ether oxygens (including phenoxy) is 2. The summed E-state index contributed by atoms with van der Waals surface area (Å²) in [5.41, 5.74) is 2.01. The van der Waals surface area contributed by atoms with Crippen LogP contribution in [0.5, 0.6) is 11.5 Å². The van der Waals surface area contributed by atoms with Gasteiger partial charge in [-0.1, -0.05) is 50.2 Å². The predicted octanol–water partition coefficient (Wildman–Crippen LogP) is 3.39. The molecule has 0 aliphatic carbocycles. The molecule has 1 N–H and O–H groups in total. The summed E-state index contributed by atoms with van der Waals surface area (Å²) in [6.45, 7) is 6.96. The van der Waals surface area contributed by atoms with Crippen molar-refractivity contribution in [1.82, 2.24) is 10.2 Å². The summed E-state index contributed by atoms with van der Waals surface area (Å²) in [6.07, 6.45) is 0. The van der Waals surface area contributed by atoms with Crippen LogP contribution in [0.15, 0.2) is 48.5 Å². The van der Waals surface area contributed by atoms with Gasteiger partial charge in [-0.2, -0.15) is 0 Å². The number of hydrogen-bond acceptors (Lipinski definition) is 4. The normalized spacial score (nSPS) is 10.5. The number of carbonyl (C=O) groups excluding carboxylic acids is 2.